The second-order valence-electron chi connectivity index (χ2n) is 4.16. The van der Waals surface area contributed by atoms with Crippen molar-refractivity contribution in [1.29, 1.82) is 0 Å². The molecule has 0 unspecified atom stereocenters. The number of fused-ring (bicyclic) bond motifs is 1. The number of H-pyrrole nitrogens is 1. The number of hydrogen-bond donors (Lipinski definition) is 2. The monoisotopic (exact) mass is 293 g/mol. The van der Waals surface area contributed by atoms with Crippen LogP contribution in [0.15, 0.2) is 40.9 Å². The summed E-state index contributed by atoms with van der Waals surface area (Å²) in [7, 11) is -3.46. The molecule has 0 saturated carbocycles. The normalized spacial score (nSPS) is 12.0. The van der Waals surface area contributed by atoms with Crippen LogP contribution in [-0.4, -0.2) is 18.4 Å². The summed E-state index contributed by atoms with van der Waals surface area (Å²) in [4.78, 5) is 7.72. The van der Waals surface area contributed by atoms with E-state index in [9.17, 15) is 8.42 Å². The molecule has 19 heavy (non-hydrogen) atoms. The highest BCUT2D eigenvalue weighted by atomic mass is 32.2. The first-order valence-corrected chi connectivity index (χ1v) is 8.08. The molecule has 3 rings (SSSR count). The average Bonchev–Trinajstić information content (AvgIpc) is 2.96. The molecule has 1 aromatic carbocycles. The Morgan fingerprint density at radius 2 is 2.16 bits per heavy atom. The van der Waals surface area contributed by atoms with Crippen LogP contribution in [-0.2, 0) is 15.6 Å². The van der Waals surface area contributed by atoms with Crippen LogP contribution in [0, 0.1) is 0 Å². The summed E-state index contributed by atoms with van der Waals surface area (Å²) < 4.78 is 24.5. The Morgan fingerprint density at radius 3 is 2.89 bits per heavy atom. The minimum atomic E-state index is -3.46. The second-order valence-corrected chi connectivity index (χ2v) is 7.09. The van der Waals surface area contributed by atoms with E-state index in [2.05, 4.69) is 9.97 Å². The molecule has 98 valence electrons. The van der Waals surface area contributed by atoms with Gasteiger partial charge in [0.2, 0.25) is 15.0 Å². The van der Waals surface area contributed by atoms with Gasteiger partial charge in [-0.25, -0.2) is 13.4 Å². The van der Waals surface area contributed by atoms with Crippen molar-refractivity contribution in [3.63, 3.8) is 0 Å². The molecule has 0 aliphatic heterocycles. The van der Waals surface area contributed by atoms with Crippen molar-refractivity contribution in [2.45, 2.75) is 10.9 Å². The number of imidazole rings is 1. The molecule has 0 saturated heterocycles. The fourth-order valence-electron chi connectivity index (χ4n) is 1.80. The van der Waals surface area contributed by atoms with Gasteiger partial charge in [0.25, 0.3) is 0 Å². The molecule has 2 aromatic heterocycles. The van der Waals surface area contributed by atoms with Crippen molar-refractivity contribution in [1.82, 2.24) is 9.97 Å². The molecule has 7 heteroatoms. The first-order valence-electron chi connectivity index (χ1n) is 5.55. The van der Waals surface area contributed by atoms with Crippen molar-refractivity contribution in [2.24, 2.45) is 0 Å². The average molecular weight is 293 g/mol. The van der Waals surface area contributed by atoms with E-state index in [0.717, 1.165) is 4.88 Å². The van der Waals surface area contributed by atoms with Gasteiger partial charge in [0, 0.05) is 10.6 Å². The number of sulfone groups is 1. The van der Waals surface area contributed by atoms with Gasteiger partial charge in [0.05, 0.1) is 16.8 Å². The standard InChI is InChI=1S/C12H11N3O2S2/c13-8-3-4-10-11(6-8)15-12(14-10)19(16,17)7-9-2-1-5-18-9/h1-6H,7,13H2,(H,14,15). The van der Waals surface area contributed by atoms with E-state index < -0.39 is 9.84 Å². The van der Waals surface area contributed by atoms with Crippen molar-refractivity contribution >= 4 is 37.9 Å². The number of aromatic amines is 1. The Morgan fingerprint density at radius 1 is 1.32 bits per heavy atom. The molecule has 0 fully saturated rings. The minimum absolute atomic E-state index is 0.0125. The molecule has 0 spiro atoms. The van der Waals surface area contributed by atoms with E-state index in [4.69, 9.17) is 5.73 Å². The van der Waals surface area contributed by atoms with Crippen LogP contribution >= 0.6 is 11.3 Å². The van der Waals surface area contributed by atoms with Gasteiger partial charge in [-0.05, 0) is 29.6 Å². The van der Waals surface area contributed by atoms with E-state index >= 15 is 0 Å². The first-order chi connectivity index (χ1) is 9.04. The summed E-state index contributed by atoms with van der Waals surface area (Å²) in [5, 5.41) is 1.84. The van der Waals surface area contributed by atoms with E-state index in [1.165, 1.54) is 11.3 Å². The van der Waals surface area contributed by atoms with Gasteiger partial charge < -0.3 is 10.7 Å². The summed E-state index contributed by atoms with van der Waals surface area (Å²) >= 11 is 1.41. The lowest BCUT2D eigenvalue weighted by atomic mass is 10.3. The highest BCUT2D eigenvalue weighted by Gasteiger charge is 2.20. The summed E-state index contributed by atoms with van der Waals surface area (Å²) in [6.45, 7) is 0. The third-order valence-electron chi connectivity index (χ3n) is 2.69. The maximum Gasteiger partial charge on any atom is 0.226 e. The van der Waals surface area contributed by atoms with Gasteiger partial charge in [0.15, 0.2) is 0 Å². The van der Waals surface area contributed by atoms with Crippen LogP contribution < -0.4 is 5.73 Å². The van der Waals surface area contributed by atoms with E-state index in [1.54, 1.807) is 24.3 Å². The molecule has 2 heterocycles. The first kappa shape index (κ1) is 12.2. The molecular formula is C12H11N3O2S2. The highest BCUT2D eigenvalue weighted by molar-refractivity contribution is 7.90. The summed E-state index contributed by atoms with van der Waals surface area (Å²) in [6, 6.07) is 8.69. The van der Waals surface area contributed by atoms with Gasteiger partial charge in [-0.2, -0.15) is 0 Å². The van der Waals surface area contributed by atoms with Crippen molar-refractivity contribution < 1.29 is 8.42 Å². The molecule has 0 aliphatic rings. The second kappa shape index (κ2) is 4.36. The van der Waals surface area contributed by atoms with E-state index in [-0.39, 0.29) is 10.9 Å². The molecular weight excluding hydrogens is 282 g/mol. The summed E-state index contributed by atoms with van der Waals surface area (Å²) in [5.74, 6) is -0.0417. The number of hydrogen-bond acceptors (Lipinski definition) is 5. The minimum Gasteiger partial charge on any atom is -0.399 e. The molecule has 0 radical (unpaired) electrons. The van der Waals surface area contributed by atoms with Gasteiger partial charge in [0.1, 0.15) is 0 Å². The number of nitrogens with one attached hydrogen (secondary N) is 1. The third kappa shape index (κ3) is 2.34. The highest BCUT2D eigenvalue weighted by Crippen LogP contribution is 2.21. The van der Waals surface area contributed by atoms with E-state index in [1.807, 2.05) is 11.4 Å². The fraction of sp³-hybridized carbons (Fsp3) is 0.0833. The van der Waals surface area contributed by atoms with Crippen LogP contribution in [0.2, 0.25) is 0 Å². The van der Waals surface area contributed by atoms with Crippen molar-refractivity contribution in [3.8, 4) is 0 Å². The number of rotatable bonds is 3. The number of anilines is 1. The lowest BCUT2D eigenvalue weighted by Gasteiger charge is -1.97. The van der Waals surface area contributed by atoms with Crippen LogP contribution in [0.4, 0.5) is 5.69 Å². The van der Waals surface area contributed by atoms with Crippen molar-refractivity contribution in [2.75, 3.05) is 5.73 Å². The Bertz CT molecular complexity index is 820. The molecule has 0 amide bonds. The topological polar surface area (TPSA) is 88.8 Å². The zero-order chi connectivity index (χ0) is 13.5. The maximum atomic E-state index is 12.2. The predicted molar refractivity (Wildman–Crippen MR) is 75.7 cm³/mol. The SMILES string of the molecule is Nc1ccc2nc(S(=O)(=O)Cc3cccs3)[nH]c2c1. The Labute approximate surface area is 114 Å². The predicted octanol–water partition coefficient (Wildman–Crippen LogP) is 2.18. The van der Waals surface area contributed by atoms with Crippen LogP contribution in [0.3, 0.4) is 0 Å². The number of nitrogen functional groups attached to an aromatic ring is 1. The zero-order valence-corrected chi connectivity index (χ0v) is 11.5. The molecule has 0 bridgehead atoms. The zero-order valence-electron chi connectivity index (χ0n) is 9.83. The molecule has 3 aromatic rings. The lowest BCUT2D eigenvalue weighted by Crippen LogP contribution is -2.05. The number of nitrogens with two attached hydrogens (primary N) is 1. The van der Waals surface area contributed by atoms with Gasteiger partial charge in [-0.1, -0.05) is 6.07 Å². The Balaban J connectivity index is 2.03. The number of aromatic nitrogens is 2. The van der Waals surface area contributed by atoms with Crippen LogP contribution in [0.1, 0.15) is 4.88 Å². The Kier molecular flexibility index (Phi) is 2.79. The summed E-state index contributed by atoms with van der Waals surface area (Å²) in [5.41, 5.74) is 7.45. The number of benzene rings is 1. The number of thiophene rings is 1. The quantitative estimate of drug-likeness (QED) is 0.724. The van der Waals surface area contributed by atoms with Crippen LogP contribution in [0.25, 0.3) is 11.0 Å². The van der Waals surface area contributed by atoms with E-state index in [0.29, 0.717) is 16.7 Å². The van der Waals surface area contributed by atoms with Gasteiger partial charge in [-0.3, -0.25) is 0 Å². The van der Waals surface area contributed by atoms with Gasteiger partial charge >= 0.3 is 0 Å². The molecule has 0 aliphatic carbocycles. The Hall–Kier alpha value is -1.86. The molecule has 0 atom stereocenters. The molecule has 3 N–H and O–H groups in total. The smallest absolute Gasteiger partial charge is 0.226 e. The third-order valence-corrected chi connectivity index (χ3v) is 5.22. The van der Waals surface area contributed by atoms with Crippen molar-refractivity contribution in [3.05, 3.63) is 40.6 Å². The summed E-state index contributed by atoms with van der Waals surface area (Å²) in [6.07, 6.45) is 0. The largest absolute Gasteiger partial charge is 0.399 e. The number of nitrogens with zero attached hydrogens (tertiary/aromatic N) is 1. The fourth-order valence-corrected chi connectivity index (χ4v) is 4.14. The van der Waals surface area contributed by atoms with Crippen LogP contribution in [0.5, 0.6) is 0 Å². The maximum absolute atomic E-state index is 12.2. The lowest BCUT2D eigenvalue weighted by molar-refractivity contribution is 0.589. The molecule has 5 nitrogen and oxygen atoms in total. The van der Waals surface area contributed by atoms with Gasteiger partial charge in [-0.15, -0.1) is 11.3 Å².